The second kappa shape index (κ2) is 9.52. The van der Waals surface area contributed by atoms with E-state index < -0.39 is 0 Å². The Morgan fingerprint density at radius 1 is 0.800 bits per heavy atom. The molecule has 0 aliphatic carbocycles. The molecule has 0 radical (unpaired) electrons. The van der Waals surface area contributed by atoms with Gasteiger partial charge < -0.3 is 15.5 Å². The molecule has 0 saturated carbocycles. The Kier molecular flexibility index (Phi) is 6.58. The molecule has 0 saturated heterocycles. The minimum atomic E-state index is 0.702. The van der Waals surface area contributed by atoms with E-state index in [9.17, 15) is 0 Å². The van der Waals surface area contributed by atoms with Crippen LogP contribution in [0.2, 0.25) is 10.0 Å². The van der Waals surface area contributed by atoms with Gasteiger partial charge in [-0.2, -0.15) is 0 Å². The SMILES string of the molecule is CN(CCNc1cccc2cc(Cl)ccc12)CCNc1ccnc2cc(Cl)ccc12. The maximum absolute atomic E-state index is 6.11. The normalized spacial score (nSPS) is 11.3. The van der Waals surface area contributed by atoms with E-state index in [-0.39, 0.29) is 0 Å². The first-order valence-electron chi connectivity index (χ1n) is 9.99. The Morgan fingerprint density at radius 2 is 1.47 bits per heavy atom. The third-order valence-corrected chi connectivity index (χ3v) is 5.64. The fourth-order valence-corrected chi connectivity index (χ4v) is 3.91. The third kappa shape index (κ3) is 4.96. The molecule has 4 aromatic rings. The van der Waals surface area contributed by atoms with Crippen LogP contribution in [0.15, 0.2) is 66.9 Å². The van der Waals surface area contributed by atoms with Crippen molar-refractivity contribution < 1.29 is 0 Å². The molecule has 0 aliphatic heterocycles. The van der Waals surface area contributed by atoms with Crippen molar-refractivity contribution in [3.8, 4) is 0 Å². The van der Waals surface area contributed by atoms with Crippen molar-refractivity contribution >= 4 is 56.3 Å². The molecule has 2 N–H and O–H groups in total. The molecule has 0 spiro atoms. The van der Waals surface area contributed by atoms with Gasteiger partial charge in [0, 0.05) is 64.6 Å². The fraction of sp³-hybridized carbons (Fsp3) is 0.208. The molecule has 1 aromatic heterocycles. The van der Waals surface area contributed by atoms with Gasteiger partial charge in [-0.25, -0.2) is 0 Å². The van der Waals surface area contributed by atoms with Gasteiger partial charge in [0.15, 0.2) is 0 Å². The van der Waals surface area contributed by atoms with Crippen molar-refractivity contribution in [2.45, 2.75) is 0 Å². The molecular weight excluding hydrogens is 415 g/mol. The van der Waals surface area contributed by atoms with Crippen molar-refractivity contribution in [3.63, 3.8) is 0 Å². The smallest absolute Gasteiger partial charge is 0.0737 e. The summed E-state index contributed by atoms with van der Waals surface area (Å²) in [5.74, 6) is 0. The van der Waals surface area contributed by atoms with E-state index >= 15 is 0 Å². The Morgan fingerprint density at radius 3 is 2.23 bits per heavy atom. The van der Waals surface area contributed by atoms with Crippen molar-refractivity contribution in [1.29, 1.82) is 0 Å². The summed E-state index contributed by atoms with van der Waals surface area (Å²) in [6, 6.07) is 20.1. The monoisotopic (exact) mass is 438 g/mol. The van der Waals surface area contributed by atoms with Gasteiger partial charge in [0.2, 0.25) is 0 Å². The van der Waals surface area contributed by atoms with Crippen LogP contribution in [0.5, 0.6) is 0 Å². The first-order chi connectivity index (χ1) is 14.6. The number of hydrogen-bond donors (Lipinski definition) is 2. The van der Waals surface area contributed by atoms with Gasteiger partial charge in [-0.1, -0.05) is 41.4 Å². The summed E-state index contributed by atoms with van der Waals surface area (Å²) in [5.41, 5.74) is 3.12. The van der Waals surface area contributed by atoms with Gasteiger partial charge in [-0.05, 0) is 54.9 Å². The van der Waals surface area contributed by atoms with Crippen LogP contribution < -0.4 is 10.6 Å². The molecule has 0 aliphatic rings. The van der Waals surface area contributed by atoms with E-state index in [0.717, 1.165) is 58.9 Å². The number of aromatic nitrogens is 1. The first kappa shape index (κ1) is 20.7. The third-order valence-electron chi connectivity index (χ3n) is 5.17. The number of pyridine rings is 1. The first-order valence-corrected chi connectivity index (χ1v) is 10.7. The lowest BCUT2D eigenvalue weighted by Crippen LogP contribution is -2.29. The highest BCUT2D eigenvalue weighted by molar-refractivity contribution is 6.31. The Hall–Kier alpha value is -2.53. The number of benzene rings is 3. The van der Waals surface area contributed by atoms with Crippen LogP contribution in [0, 0.1) is 0 Å². The summed E-state index contributed by atoms with van der Waals surface area (Å²) in [5, 5.41) is 12.0. The fourth-order valence-electron chi connectivity index (χ4n) is 3.56. The van der Waals surface area contributed by atoms with Gasteiger partial charge in [0.1, 0.15) is 0 Å². The van der Waals surface area contributed by atoms with Crippen LogP contribution in [-0.2, 0) is 0 Å². The molecule has 0 fully saturated rings. The minimum Gasteiger partial charge on any atom is -0.383 e. The van der Waals surface area contributed by atoms with Gasteiger partial charge >= 0.3 is 0 Å². The summed E-state index contributed by atoms with van der Waals surface area (Å²) in [6.07, 6.45) is 1.81. The van der Waals surface area contributed by atoms with Gasteiger partial charge in [0.05, 0.1) is 5.52 Å². The topological polar surface area (TPSA) is 40.2 Å². The summed E-state index contributed by atoms with van der Waals surface area (Å²) in [4.78, 5) is 6.70. The van der Waals surface area contributed by atoms with E-state index in [2.05, 4.69) is 51.8 Å². The molecule has 30 heavy (non-hydrogen) atoms. The molecule has 4 rings (SSSR count). The Balaban J connectivity index is 1.28. The molecule has 154 valence electrons. The molecule has 0 atom stereocenters. The Labute approximate surface area is 186 Å². The summed E-state index contributed by atoms with van der Waals surface area (Å²) < 4.78 is 0. The van der Waals surface area contributed by atoms with Crippen LogP contribution >= 0.6 is 23.2 Å². The quantitative estimate of drug-likeness (QED) is 0.346. The molecule has 3 aromatic carbocycles. The van der Waals surface area contributed by atoms with Crippen LogP contribution in [0.1, 0.15) is 0 Å². The van der Waals surface area contributed by atoms with E-state index in [0.29, 0.717) is 5.02 Å². The van der Waals surface area contributed by atoms with Crippen LogP contribution in [0.4, 0.5) is 11.4 Å². The summed E-state index contributed by atoms with van der Waals surface area (Å²) >= 11 is 12.2. The lowest BCUT2D eigenvalue weighted by Gasteiger charge is -2.19. The van der Waals surface area contributed by atoms with Crippen LogP contribution in [0.25, 0.3) is 21.7 Å². The molecule has 6 heteroatoms. The summed E-state index contributed by atoms with van der Waals surface area (Å²) in [6.45, 7) is 3.60. The summed E-state index contributed by atoms with van der Waals surface area (Å²) in [7, 11) is 2.14. The van der Waals surface area contributed by atoms with E-state index in [4.69, 9.17) is 23.2 Å². The van der Waals surface area contributed by atoms with Crippen molar-refractivity contribution in [1.82, 2.24) is 9.88 Å². The highest BCUT2D eigenvalue weighted by Gasteiger charge is 2.05. The number of halogens is 2. The highest BCUT2D eigenvalue weighted by Crippen LogP contribution is 2.26. The lowest BCUT2D eigenvalue weighted by atomic mass is 10.1. The zero-order valence-corrected chi connectivity index (χ0v) is 18.3. The van der Waals surface area contributed by atoms with Crippen molar-refractivity contribution in [2.75, 3.05) is 43.9 Å². The number of fused-ring (bicyclic) bond motifs is 2. The molecule has 0 bridgehead atoms. The second-order valence-electron chi connectivity index (χ2n) is 7.35. The number of anilines is 2. The average Bonchev–Trinajstić information content (AvgIpc) is 2.73. The maximum atomic E-state index is 6.11. The number of hydrogen-bond acceptors (Lipinski definition) is 4. The molecule has 0 unspecified atom stereocenters. The van der Waals surface area contributed by atoms with E-state index in [1.54, 1.807) is 0 Å². The predicted molar refractivity (Wildman–Crippen MR) is 130 cm³/mol. The standard InChI is InChI=1S/C24H24Cl2N4/c1-30(13-11-28-22-4-2-3-17-15-18(25)5-7-20(17)22)14-12-29-23-9-10-27-24-16-19(26)6-8-21(23)24/h2-10,15-16,28H,11-14H2,1H3,(H,27,29). The van der Waals surface area contributed by atoms with E-state index in [1.807, 2.05) is 42.6 Å². The number of nitrogens with zero attached hydrogens (tertiary/aromatic N) is 2. The van der Waals surface area contributed by atoms with Gasteiger partial charge in [-0.15, -0.1) is 0 Å². The predicted octanol–water partition coefficient (Wildman–Crippen LogP) is 6.15. The van der Waals surface area contributed by atoms with Crippen LogP contribution in [-0.4, -0.2) is 43.1 Å². The average molecular weight is 439 g/mol. The minimum absolute atomic E-state index is 0.702. The number of likely N-dealkylation sites (N-methyl/N-ethyl adjacent to an activating group) is 1. The van der Waals surface area contributed by atoms with Crippen LogP contribution in [0.3, 0.4) is 0 Å². The number of rotatable bonds is 8. The zero-order valence-electron chi connectivity index (χ0n) is 16.8. The zero-order chi connectivity index (χ0) is 20.9. The maximum Gasteiger partial charge on any atom is 0.0737 e. The second-order valence-corrected chi connectivity index (χ2v) is 8.22. The molecule has 4 nitrogen and oxygen atoms in total. The van der Waals surface area contributed by atoms with Crippen molar-refractivity contribution in [2.24, 2.45) is 0 Å². The van der Waals surface area contributed by atoms with Crippen molar-refractivity contribution in [3.05, 3.63) is 76.9 Å². The molecule has 0 amide bonds. The van der Waals surface area contributed by atoms with Gasteiger partial charge in [0.25, 0.3) is 0 Å². The molecule has 1 heterocycles. The molecular formula is C24H24Cl2N4. The van der Waals surface area contributed by atoms with Gasteiger partial charge in [-0.3, -0.25) is 4.98 Å². The van der Waals surface area contributed by atoms with E-state index in [1.165, 1.54) is 5.39 Å². The highest BCUT2D eigenvalue weighted by atomic mass is 35.5. The largest absolute Gasteiger partial charge is 0.383 e. The number of nitrogens with one attached hydrogen (secondary N) is 2. The lowest BCUT2D eigenvalue weighted by molar-refractivity contribution is 0.361. The Bertz CT molecular complexity index is 1070.